The van der Waals surface area contributed by atoms with Gasteiger partial charge in [-0.15, -0.1) is 0 Å². The van der Waals surface area contributed by atoms with Gasteiger partial charge in [-0.25, -0.2) is 4.79 Å². The molecule has 4 heteroatoms. The molecule has 0 aliphatic carbocycles. The van der Waals surface area contributed by atoms with Gasteiger partial charge < -0.3 is 9.73 Å². The minimum atomic E-state index is -0.341. The van der Waals surface area contributed by atoms with Crippen LogP contribution in [0.5, 0.6) is 0 Å². The number of hydrogen-bond acceptors (Lipinski definition) is 3. The summed E-state index contributed by atoms with van der Waals surface area (Å²) in [5, 5.41) is 5.13. The summed E-state index contributed by atoms with van der Waals surface area (Å²) in [5.41, 5.74) is 3.26. The lowest BCUT2D eigenvalue weighted by atomic mass is 9.95. The maximum absolute atomic E-state index is 11.9. The van der Waals surface area contributed by atoms with Gasteiger partial charge >= 0.3 is 5.63 Å². The average Bonchev–Trinajstić information content (AvgIpc) is 2.57. The van der Waals surface area contributed by atoms with Gasteiger partial charge in [-0.1, -0.05) is 55.8 Å². The molecule has 3 nitrogen and oxygen atoms in total. The first-order valence-electron chi connectivity index (χ1n) is 8.47. The van der Waals surface area contributed by atoms with Crippen LogP contribution in [0.3, 0.4) is 0 Å². The Bertz CT molecular complexity index is 932. The highest BCUT2D eigenvalue weighted by molar-refractivity contribution is 6.32. The van der Waals surface area contributed by atoms with Crippen LogP contribution in [0.1, 0.15) is 36.6 Å². The van der Waals surface area contributed by atoms with Crippen LogP contribution in [0, 0.1) is 12.8 Å². The van der Waals surface area contributed by atoms with E-state index < -0.39 is 0 Å². The molecule has 1 atom stereocenters. The smallest absolute Gasteiger partial charge is 0.336 e. The molecule has 0 aliphatic rings. The predicted octanol–water partition coefficient (Wildman–Crippen LogP) is 5.24. The average molecular weight is 356 g/mol. The van der Waals surface area contributed by atoms with E-state index in [2.05, 4.69) is 31.3 Å². The summed E-state index contributed by atoms with van der Waals surface area (Å²) in [6.45, 7) is 6.83. The van der Waals surface area contributed by atoms with E-state index in [4.69, 9.17) is 16.0 Å². The summed E-state index contributed by atoms with van der Waals surface area (Å²) in [5.74, 6) is 0.416. The summed E-state index contributed by atoms with van der Waals surface area (Å²) in [6, 6.07) is 15.8. The van der Waals surface area contributed by atoms with Gasteiger partial charge in [0.15, 0.2) is 0 Å². The van der Waals surface area contributed by atoms with E-state index >= 15 is 0 Å². The Balaban J connectivity index is 1.94. The van der Waals surface area contributed by atoms with Crippen molar-refractivity contribution in [3.63, 3.8) is 0 Å². The van der Waals surface area contributed by atoms with Crippen molar-refractivity contribution in [2.45, 2.75) is 33.4 Å². The van der Waals surface area contributed by atoms with Crippen molar-refractivity contribution in [3.8, 4) is 0 Å². The van der Waals surface area contributed by atoms with Crippen molar-refractivity contribution >= 4 is 22.6 Å². The van der Waals surface area contributed by atoms with Gasteiger partial charge in [-0.05, 0) is 41.7 Å². The van der Waals surface area contributed by atoms with E-state index in [9.17, 15) is 4.79 Å². The Kier molecular flexibility index (Phi) is 5.26. The fourth-order valence-electron chi connectivity index (χ4n) is 3.11. The molecule has 0 unspecified atom stereocenters. The molecule has 1 aromatic heterocycles. The number of hydrogen-bond donors (Lipinski definition) is 1. The molecule has 25 heavy (non-hydrogen) atoms. The number of fused-ring (bicyclic) bond motifs is 1. The lowest BCUT2D eigenvalue weighted by Crippen LogP contribution is -2.25. The van der Waals surface area contributed by atoms with Gasteiger partial charge in [0.25, 0.3) is 0 Å². The van der Waals surface area contributed by atoms with E-state index in [0.29, 0.717) is 23.1 Å². The highest BCUT2D eigenvalue weighted by Gasteiger charge is 2.16. The molecular weight excluding hydrogens is 334 g/mol. The van der Waals surface area contributed by atoms with Crippen LogP contribution < -0.4 is 10.9 Å². The van der Waals surface area contributed by atoms with Gasteiger partial charge in [0, 0.05) is 29.1 Å². The topological polar surface area (TPSA) is 42.2 Å². The zero-order chi connectivity index (χ0) is 18.0. The Labute approximate surface area is 152 Å². The zero-order valence-corrected chi connectivity index (χ0v) is 15.4. The minimum absolute atomic E-state index is 0.199. The van der Waals surface area contributed by atoms with Crippen LogP contribution >= 0.6 is 11.6 Å². The number of halogens is 1. The van der Waals surface area contributed by atoms with Crippen molar-refractivity contribution in [2.24, 2.45) is 5.92 Å². The molecule has 0 radical (unpaired) electrons. The van der Waals surface area contributed by atoms with E-state index in [0.717, 1.165) is 16.5 Å². The Morgan fingerprint density at radius 3 is 2.52 bits per heavy atom. The number of nitrogens with one attached hydrogen (secondary N) is 1. The molecule has 1 heterocycles. The van der Waals surface area contributed by atoms with Crippen molar-refractivity contribution in [1.82, 2.24) is 5.32 Å². The summed E-state index contributed by atoms with van der Waals surface area (Å²) < 4.78 is 5.34. The van der Waals surface area contributed by atoms with Crippen molar-refractivity contribution in [3.05, 3.63) is 80.7 Å². The van der Waals surface area contributed by atoms with Crippen molar-refractivity contribution < 1.29 is 4.42 Å². The largest absolute Gasteiger partial charge is 0.423 e. The lowest BCUT2D eigenvalue weighted by molar-refractivity contribution is 0.410. The first-order valence-corrected chi connectivity index (χ1v) is 8.84. The second kappa shape index (κ2) is 7.42. The van der Waals surface area contributed by atoms with Gasteiger partial charge in [0.05, 0.1) is 0 Å². The normalized spacial score (nSPS) is 12.7. The van der Waals surface area contributed by atoms with Crippen LogP contribution in [-0.4, -0.2) is 0 Å². The predicted molar refractivity (Wildman–Crippen MR) is 103 cm³/mol. The Hall–Kier alpha value is -2.10. The first kappa shape index (κ1) is 17.7. The third-order valence-electron chi connectivity index (χ3n) is 4.45. The molecule has 2 aromatic carbocycles. The van der Waals surface area contributed by atoms with Gasteiger partial charge in [0.1, 0.15) is 5.58 Å². The number of rotatable bonds is 5. The van der Waals surface area contributed by atoms with Crippen LogP contribution in [0.2, 0.25) is 5.02 Å². The molecule has 3 aromatic rings. The molecule has 3 rings (SSSR count). The van der Waals surface area contributed by atoms with Crippen molar-refractivity contribution in [1.29, 1.82) is 0 Å². The van der Waals surface area contributed by atoms with Gasteiger partial charge in [0.2, 0.25) is 0 Å². The summed E-state index contributed by atoms with van der Waals surface area (Å²) >= 11 is 6.27. The fourth-order valence-corrected chi connectivity index (χ4v) is 3.28. The van der Waals surface area contributed by atoms with Crippen LogP contribution in [-0.2, 0) is 6.54 Å². The van der Waals surface area contributed by atoms with E-state index in [1.807, 2.05) is 37.3 Å². The standard InChI is InChI=1S/C21H22ClNO2/c1-13(2)21(15-7-5-4-6-8-15)23-12-16-10-20(24)25-19-9-14(3)18(22)11-17(16)19/h4-11,13,21,23H,12H2,1-3H3/t21-/m1/s1. The van der Waals surface area contributed by atoms with E-state index in [-0.39, 0.29) is 11.7 Å². The quantitative estimate of drug-likeness (QED) is 0.636. The Morgan fingerprint density at radius 1 is 1.12 bits per heavy atom. The van der Waals surface area contributed by atoms with Crippen LogP contribution in [0.4, 0.5) is 0 Å². The molecule has 0 bridgehead atoms. The molecule has 0 saturated carbocycles. The first-order chi connectivity index (χ1) is 12.0. The van der Waals surface area contributed by atoms with Gasteiger partial charge in [-0.2, -0.15) is 0 Å². The maximum atomic E-state index is 11.9. The van der Waals surface area contributed by atoms with Crippen LogP contribution in [0.15, 0.2) is 57.7 Å². The van der Waals surface area contributed by atoms with E-state index in [1.165, 1.54) is 5.56 Å². The third kappa shape index (κ3) is 3.94. The maximum Gasteiger partial charge on any atom is 0.336 e. The summed E-state index contributed by atoms with van der Waals surface area (Å²) in [6.07, 6.45) is 0. The summed E-state index contributed by atoms with van der Waals surface area (Å²) in [4.78, 5) is 11.9. The molecule has 0 fully saturated rings. The molecule has 1 N–H and O–H groups in total. The Morgan fingerprint density at radius 2 is 1.84 bits per heavy atom. The summed E-state index contributed by atoms with van der Waals surface area (Å²) in [7, 11) is 0. The molecule has 0 aliphatic heterocycles. The van der Waals surface area contributed by atoms with E-state index in [1.54, 1.807) is 6.07 Å². The SMILES string of the molecule is Cc1cc2oc(=O)cc(CN[C@@H](c3ccccc3)C(C)C)c2cc1Cl. The molecule has 0 amide bonds. The lowest BCUT2D eigenvalue weighted by Gasteiger charge is -2.23. The molecular formula is C21H22ClNO2. The monoisotopic (exact) mass is 355 g/mol. The molecule has 0 saturated heterocycles. The van der Waals surface area contributed by atoms with Crippen molar-refractivity contribution in [2.75, 3.05) is 0 Å². The fraction of sp³-hybridized carbons (Fsp3) is 0.286. The number of aryl methyl sites for hydroxylation is 1. The molecule has 130 valence electrons. The van der Waals surface area contributed by atoms with Gasteiger partial charge in [-0.3, -0.25) is 0 Å². The highest BCUT2D eigenvalue weighted by atomic mass is 35.5. The second-order valence-electron chi connectivity index (χ2n) is 6.70. The molecule has 0 spiro atoms. The zero-order valence-electron chi connectivity index (χ0n) is 14.7. The minimum Gasteiger partial charge on any atom is -0.423 e. The number of benzene rings is 2. The third-order valence-corrected chi connectivity index (χ3v) is 4.85. The van der Waals surface area contributed by atoms with Crippen LogP contribution in [0.25, 0.3) is 11.0 Å². The second-order valence-corrected chi connectivity index (χ2v) is 7.11. The highest BCUT2D eigenvalue weighted by Crippen LogP contribution is 2.27.